The number of hydrogen-bond acceptors (Lipinski definition) is 4. The average Bonchev–Trinajstić information content (AvgIpc) is 2.48. The highest BCUT2D eigenvalue weighted by atomic mass is 16.5. The third kappa shape index (κ3) is 4.05. The van der Waals surface area contributed by atoms with Gasteiger partial charge in [0.25, 0.3) is 0 Å². The summed E-state index contributed by atoms with van der Waals surface area (Å²) in [6, 6.07) is 11.4. The lowest BCUT2D eigenvalue weighted by atomic mass is 10.2. The van der Waals surface area contributed by atoms with Crippen molar-refractivity contribution in [3.8, 4) is 17.2 Å². The summed E-state index contributed by atoms with van der Waals surface area (Å²) in [6.45, 7) is 4.88. The summed E-state index contributed by atoms with van der Waals surface area (Å²) in [5.74, 6) is 2.24. The first kappa shape index (κ1) is 15.0. The number of nitrogen functional groups attached to an aromatic ring is 1. The quantitative estimate of drug-likeness (QED) is 0.654. The maximum atomic E-state index is 5.75. The van der Waals surface area contributed by atoms with Crippen molar-refractivity contribution >= 4 is 5.69 Å². The fraction of sp³-hybridized carbons (Fsp3) is 0.294. The Bertz CT molecular complexity index is 611. The van der Waals surface area contributed by atoms with E-state index >= 15 is 0 Å². The highest BCUT2D eigenvalue weighted by molar-refractivity contribution is 5.48. The van der Waals surface area contributed by atoms with E-state index in [1.165, 1.54) is 0 Å². The van der Waals surface area contributed by atoms with E-state index in [9.17, 15) is 0 Å². The van der Waals surface area contributed by atoms with Crippen LogP contribution in [0.3, 0.4) is 0 Å². The molecule has 112 valence electrons. The molecule has 0 spiro atoms. The lowest BCUT2D eigenvalue weighted by Crippen LogP contribution is -2.10. The van der Waals surface area contributed by atoms with Crippen LogP contribution in [-0.4, -0.2) is 20.3 Å². The van der Waals surface area contributed by atoms with Crippen LogP contribution >= 0.6 is 0 Å². The smallest absolute Gasteiger partial charge is 0.161 e. The first-order valence-electron chi connectivity index (χ1n) is 6.86. The molecule has 0 aliphatic rings. The maximum Gasteiger partial charge on any atom is 0.161 e. The minimum atomic E-state index is 0.438. The van der Waals surface area contributed by atoms with Crippen LogP contribution in [0, 0.1) is 13.8 Å². The van der Waals surface area contributed by atoms with Crippen molar-refractivity contribution < 1.29 is 14.2 Å². The third-order valence-corrected chi connectivity index (χ3v) is 3.13. The Morgan fingerprint density at radius 2 is 1.57 bits per heavy atom. The zero-order chi connectivity index (χ0) is 15.2. The second kappa shape index (κ2) is 6.88. The minimum Gasteiger partial charge on any atom is -0.493 e. The van der Waals surface area contributed by atoms with Crippen molar-refractivity contribution in [2.24, 2.45) is 0 Å². The Kier molecular flexibility index (Phi) is 4.93. The van der Waals surface area contributed by atoms with Crippen molar-refractivity contribution in [1.82, 2.24) is 0 Å². The summed E-state index contributed by atoms with van der Waals surface area (Å²) in [6.07, 6.45) is 0. The minimum absolute atomic E-state index is 0.438. The number of ether oxygens (including phenoxy) is 3. The first-order valence-corrected chi connectivity index (χ1v) is 6.86. The number of hydrogen-bond donors (Lipinski definition) is 1. The average molecular weight is 287 g/mol. The van der Waals surface area contributed by atoms with E-state index in [0.717, 1.165) is 28.4 Å². The van der Waals surface area contributed by atoms with Crippen LogP contribution < -0.4 is 19.9 Å². The van der Waals surface area contributed by atoms with Gasteiger partial charge in [0.05, 0.1) is 7.11 Å². The summed E-state index contributed by atoms with van der Waals surface area (Å²) in [5.41, 5.74) is 8.62. The molecule has 2 N–H and O–H groups in total. The van der Waals surface area contributed by atoms with E-state index in [0.29, 0.717) is 18.9 Å². The normalized spacial score (nSPS) is 10.2. The maximum absolute atomic E-state index is 5.75. The Morgan fingerprint density at radius 1 is 0.857 bits per heavy atom. The monoisotopic (exact) mass is 287 g/mol. The molecule has 0 atom stereocenters. The van der Waals surface area contributed by atoms with Crippen LogP contribution in [0.4, 0.5) is 5.69 Å². The van der Waals surface area contributed by atoms with Gasteiger partial charge in [0.15, 0.2) is 11.5 Å². The van der Waals surface area contributed by atoms with Gasteiger partial charge >= 0.3 is 0 Å². The fourth-order valence-electron chi connectivity index (χ4n) is 1.97. The van der Waals surface area contributed by atoms with Gasteiger partial charge in [-0.25, -0.2) is 0 Å². The third-order valence-electron chi connectivity index (χ3n) is 3.13. The van der Waals surface area contributed by atoms with Gasteiger partial charge in [-0.15, -0.1) is 0 Å². The Hall–Kier alpha value is -2.36. The molecule has 0 aromatic heterocycles. The molecule has 0 radical (unpaired) electrons. The number of rotatable bonds is 6. The second-order valence-electron chi connectivity index (χ2n) is 4.88. The standard InChI is InChI=1S/C17H21NO3/c1-12-4-7-15(17(10-12)19-3)20-8-9-21-16-11-14(18)6-5-13(16)2/h4-7,10-11H,8-9,18H2,1-3H3. The molecule has 0 bridgehead atoms. The van der Waals surface area contributed by atoms with Gasteiger partial charge < -0.3 is 19.9 Å². The van der Waals surface area contributed by atoms with Crippen molar-refractivity contribution in [3.05, 3.63) is 47.5 Å². The second-order valence-corrected chi connectivity index (χ2v) is 4.88. The molecule has 21 heavy (non-hydrogen) atoms. The fourth-order valence-corrected chi connectivity index (χ4v) is 1.97. The number of aryl methyl sites for hydroxylation is 2. The van der Waals surface area contributed by atoms with Gasteiger partial charge in [0.1, 0.15) is 19.0 Å². The molecule has 0 saturated carbocycles. The van der Waals surface area contributed by atoms with Gasteiger partial charge in [-0.05, 0) is 43.2 Å². The van der Waals surface area contributed by atoms with Crippen LogP contribution in [0.25, 0.3) is 0 Å². The molecular weight excluding hydrogens is 266 g/mol. The van der Waals surface area contributed by atoms with E-state index in [4.69, 9.17) is 19.9 Å². The van der Waals surface area contributed by atoms with E-state index in [2.05, 4.69) is 0 Å². The molecule has 0 amide bonds. The molecule has 0 aliphatic carbocycles. The van der Waals surface area contributed by atoms with E-state index in [1.807, 2.05) is 50.2 Å². The topological polar surface area (TPSA) is 53.7 Å². The predicted octanol–water partition coefficient (Wildman–Crippen LogP) is 3.35. The lowest BCUT2D eigenvalue weighted by molar-refractivity contribution is 0.210. The van der Waals surface area contributed by atoms with Crippen molar-refractivity contribution in [2.75, 3.05) is 26.1 Å². The van der Waals surface area contributed by atoms with Gasteiger partial charge in [0, 0.05) is 11.8 Å². The summed E-state index contributed by atoms with van der Waals surface area (Å²) in [7, 11) is 1.63. The van der Waals surface area contributed by atoms with Crippen molar-refractivity contribution in [3.63, 3.8) is 0 Å². The molecule has 2 aromatic rings. The summed E-state index contributed by atoms with van der Waals surface area (Å²) < 4.78 is 16.7. The number of nitrogens with two attached hydrogens (primary N) is 1. The van der Waals surface area contributed by atoms with Gasteiger partial charge in [-0.1, -0.05) is 12.1 Å². The Labute approximate surface area is 125 Å². The van der Waals surface area contributed by atoms with Gasteiger partial charge in [-0.3, -0.25) is 0 Å². The number of anilines is 1. The van der Waals surface area contributed by atoms with E-state index in [-0.39, 0.29) is 0 Å². The van der Waals surface area contributed by atoms with Crippen LogP contribution in [-0.2, 0) is 0 Å². The zero-order valence-corrected chi connectivity index (χ0v) is 12.7. The molecule has 4 heteroatoms. The van der Waals surface area contributed by atoms with Crippen molar-refractivity contribution in [2.45, 2.75) is 13.8 Å². The SMILES string of the molecule is COc1cc(C)ccc1OCCOc1cc(N)ccc1C. The first-order chi connectivity index (χ1) is 10.1. The molecule has 0 saturated heterocycles. The largest absolute Gasteiger partial charge is 0.493 e. The lowest BCUT2D eigenvalue weighted by Gasteiger charge is -2.13. The summed E-state index contributed by atoms with van der Waals surface area (Å²) in [5, 5.41) is 0. The van der Waals surface area contributed by atoms with Gasteiger partial charge in [-0.2, -0.15) is 0 Å². The molecule has 0 fully saturated rings. The van der Waals surface area contributed by atoms with Crippen LogP contribution in [0.2, 0.25) is 0 Å². The molecule has 4 nitrogen and oxygen atoms in total. The van der Waals surface area contributed by atoms with Crippen molar-refractivity contribution in [1.29, 1.82) is 0 Å². The number of methoxy groups -OCH3 is 1. The van der Waals surface area contributed by atoms with Gasteiger partial charge in [0.2, 0.25) is 0 Å². The molecule has 0 heterocycles. The zero-order valence-electron chi connectivity index (χ0n) is 12.7. The number of benzene rings is 2. The molecule has 2 rings (SSSR count). The molecule has 0 aliphatic heterocycles. The van der Waals surface area contributed by atoms with E-state index in [1.54, 1.807) is 7.11 Å². The predicted molar refractivity (Wildman–Crippen MR) is 84.3 cm³/mol. The van der Waals surface area contributed by atoms with Crippen LogP contribution in [0.5, 0.6) is 17.2 Å². The molecule has 2 aromatic carbocycles. The van der Waals surface area contributed by atoms with Crippen LogP contribution in [0.15, 0.2) is 36.4 Å². The highest BCUT2D eigenvalue weighted by Gasteiger charge is 2.05. The summed E-state index contributed by atoms with van der Waals surface area (Å²) in [4.78, 5) is 0. The Morgan fingerprint density at radius 3 is 2.29 bits per heavy atom. The molecule has 0 unspecified atom stereocenters. The van der Waals surface area contributed by atoms with Crippen LogP contribution in [0.1, 0.15) is 11.1 Å². The Balaban J connectivity index is 1.89. The van der Waals surface area contributed by atoms with E-state index < -0.39 is 0 Å². The summed E-state index contributed by atoms with van der Waals surface area (Å²) >= 11 is 0. The highest BCUT2D eigenvalue weighted by Crippen LogP contribution is 2.27. The molecular formula is C17H21NO3.